The number of carbonyl (C=O) groups excluding carboxylic acids is 1. The first-order valence-electron chi connectivity index (χ1n) is 4.82. The summed E-state index contributed by atoms with van der Waals surface area (Å²) in [6, 6.07) is -0.0668. The van der Waals surface area contributed by atoms with Gasteiger partial charge in [0.25, 0.3) is 0 Å². The third-order valence-electron chi connectivity index (χ3n) is 2.55. The Kier molecular flexibility index (Phi) is 3.73. The van der Waals surface area contributed by atoms with Crippen LogP contribution in [0.5, 0.6) is 0 Å². The van der Waals surface area contributed by atoms with Gasteiger partial charge in [0.1, 0.15) is 0 Å². The summed E-state index contributed by atoms with van der Waals surface area (Å²) in [6.45, 7) is 1.43. The molecule has 0 aromatic rings. The number of carboxylic acids is 1. The first kappa shape index (κ1) is 10.8. The molecule has 0 aromatic heterocycles. The Morgan fingerprint density at radius 3 is 2.86 bits per heavy atom. The van der Waals surface area contributed by atoms with Gasteiger partial charge in [-0.2, -0.15) is 0 Å². The number of hydrogen-bond donors (Lipinski definition) is 2. The molecule has 0 aliphatic carbocycles. The number of nitrogens with one attached hydrogen (secondary N) is 1. The fraction of sp³-hybridized carbons (Fsp3) is 0.778. The molecule has 2 N–H and O–H groups in total. The van der Waals surface area contributed by atoms with Crippen molar-refractivity contribution in [3.8, 4) is 0 Å². The summed E-state index contributed by atoms with van der Waals surface area (Å²) in [6.07, 6.45) is 1.79. The van der Waals surface area contributed by atoms with Crippen molar-refractivity contribution in [3.63, 3.8) is 0 Å². The fourth-order valence-electron chi connectivity index (χ4n) is 1.74. The highest BCUT2D eigenvalue weighted by atomic mass is 16.4. The molecule has 1 aliphatic heterocycles. The molecule has 1 fully saturated rings. The molecular formula is C9H16N2O3. The second-order valence-corrected chi connectivity index (χ2v) is 3.59. The minimum absolute atomic E-state index is 0.0668. The van der Waals surface area contributed by atoms with Crippen molar-refractivity contribution in [3.05, 3.63) is 0 Å². The molecule has 80 valence electrons. The smallest absolute Gasteiger partial charge is 0.317 e. The lowest BCUT2D eigenvalue weighted by molar-refractivity contribution is -0.137. The number of carboxylic acid groups (broad SMARTS) is 1. The van der Waals surface area contributed by atoms with E-state index in [1.165, 1.54) is 0 Å². The lowest BCUT2D eigenvalue weighted by atomic mass is 10.0. The molecule has 0 aromatic carbocycles. The lowest BCUT2D eigenvalue weighted by Gasteiger charge is -2.15. The summed E-state index contributed by atoms with van der Waals surface area (Å²) in [5, 5.41) is 11.1. The summed E-state index contributed by atoms with van der Waals surface area (Å²) >= 11 is 0. The molecule has 1 aliphatic rings. The van der Waals surface area contributed by atoms with Gasteiger partial charge >= 0.3 is 12.0 Å². The van der Waals surface area contributed by atoms with Gasteiger partial charge in [-0.15, -0.1) is 0 Å². The van der Waals surface area contributed by atoms with Crippen molar-refractivity contribution in [2.45, 2.75) is 19.3 Å². The average Bonchev–Trinajstić information content (AvgIpc) is 2.62. The summed E-state index contributed by atoms with van der Waals surface area (Å²) in [5.74, 6) is -0.410. The Balaban J connectivity index is 2.27. The molecular weight excluding hydrogens is 184 g/mol. The average molecular weight is 200 g/mol. The predicted octanol–water partition coefficient (Wildman–Crippen LogP) is 0.513. The molecule has 1 heterocycles. The van der Waals surface area contributed by atoms with Crippen LogP contribution in [0.3, 0.4) is 0 Å². The third-order valence-corrected chi connectivity index (χ3v) is 2.55. The number of aliphatic carboxylic acids is 1. The summed E-state index contributed by atoms with van der Waals surface area (Å²) < 4.78 is 0. The standard InChI is InChI=1S/C9H16N2O3/c1-10-9(14)11-5-4-7(6-11)2-3-8(12)13/h7H,2-6H2,1H3,(H,10,14)(H,12,13). The molecule has 14 heavy (non-hydrogen) atoms. The topological polar surface area (TPSA) is 69.6 Å². The predicted molar refractivity (Wildman–Crippen MR) is 51.0 cm³/mol. The van der Waals surface area contributed by atoms with Crippen LogP contribution in [0.25, 0.3) is 0 Å². The SMILES string of the molecule is CNC(=O)N1CCC(CCC(=O)O)C1. The van der Waals surface area contributed by atoms with E-state index < -0.39 is 5.97 Å². The number of rotatable bonds is 3. The van der Waals surface area contributed by atoms with Crippen molar-refractivity contribution in [1.82, 2.24) is 10.2 Å². The number of carbonyl (C=O) groups is 2. The van der Waals surface area contributed by atoms with Crippen LogP contribution in [0.2, 0.25) is 0 Å². The molecule has 1 rings (SSSR count). The second-order valence-electron chi connectivity index (χ2n) is 3.59. The Bertz CT molecular complexity index is 230. The van der Waals surface area contributed by atoms with E-state index in [-0.39, 0.29) is 12.5 Å². The van der Waals surface area contributed by atoms with Crippen molar-refractivity contribution in [2.24, 2.45) is 5.92 Å². The van der Waals surface area contributed by atoms with E-state index in [2.05, 4.69) is 5.32 Å². The Hall–Kier alpha value is -1.26. The van der Waals surface area contributed by atoms with Gasteiger partial charge in [-0.3, -0.25) is 4.79 Å². The quantitative estimate of drug-likeness (QED) is 0.697. The van der Waals surface area contributed by atoms with Gasteiger partial charge in [0.15, 0.2) is 0 Å². The first-order valence-corrected chi connectivity index (χ1v) is 4.82. The van der Waals surface area contributed by atoms with E-state index in [1.807, 2.05) is 0 Å². The van der Waals surface area contributed by atoms with E-state index in [9.17, 15) is 9.59 Å². The van der Waals surface area contributed by atoms with Gasteiger partial charge in [0.2, 0.25) is 0 Å². The Labute approximate surface area is 83.1 Å². The molecule has 0 radical (unpaired) electrons. The van der Waals surface area contributed by atoms with Gasteiger partial charge in [0.05, 0.1) is 0 Å². The lowest BCUT2D eigenvalue weighted by Crippen LogP contribution is -2.36. The van der Waals surface area contributed by atoms with E-state index >= 15 is 0 Å². The van der Waals surface area contributed by atoms with E-state index in [0.717, 1.165) is 13.0 Å². The van der Waals surface area contributed by atoms with Crippen LogP contribution in [-0.4, -0.2) is 42.1 Å². The molecule has 1 atom stereocenters. The fourth-order valence-corrected chi connectivity index (χ4v) is 1.74. The number of hydrogen-bond acceptors (Lipinski definition) is 2. The highest BCUT2D eigenvalue weighted by Crippen LogP contribution is 2.20. The molecule has 0 bridgehead atoms. The summed E-state index contributed by atoms with van der Waals surface area (Å²) in [4.78, 5) is 23.3. The van der Waals surface area contributed by atoms with Crippen molar-refractivity contribution in [2.75, 3.05) is 20.1 Å². The van der Waals surface area contributed by atoms with Crippen LogP contribution in [0.1, 0.15) is 19.3 Å². The summed E-state index contributed by atoms with van der Waals surface area (Å²) in [5.41, 5.74) is 0. The number of amides is 2. The molecule has 5 heteroatoms. The van der Waals surface area contributed by atoms with Gasteiger partial charge < -0.3 is 15.3 Å². The molecule has 5 nitrogen and oxygen atoms in total. The third kappa shape index (κ3) is 2.90. The van der Waals surface area contributed by atoms with E-state index in [4.69, 9.17) is 5.11 Å². The van der Waals surface area contributed by atoms with Crippen molar-refractivity contribution < 1.29 is 14.7 Å². The first-order chi connectivity index (χ1) is 6.63. The van der Waals surface area contributed by atoms with E-state index in [0.29, 0.717) is 18.9 Å². The van der Waals surface area contributed by atoms with Gasteiger partial charge in [-0.05, 0) is 18.8 Å². The zero-order valence-electron chi connectivity index (χ0n) is 8.32. The molecule has 1 unspecified atom stereocenters. The largest absolute Gasteiger partial charge is 0.481 e. The van der Waals surface area contributed by atoms with Crippen LogP contribution in [-0.2, 0) is 4.79 Å². The zero-order valence-corrected chi connectivity index (χ0v) is 8.32. The number of likely N-dealkylation sites (tertiary alicyclic amines) is 1. The van der Waals surface area contributed by atoms with Crippen LogP contribution < -0.4 is 5.32 Å². The highest BCUT2D eigenvalue weighted by molar-refractivity contribution is 5.74. The Morgan fingerprint density at radius 2 is 2.29 bits per heavy atom. The van der Waals surface area contributed by atoms with E-state index in [1.54, 1.807) is 11.9 Å². The van der Waals surface area contributed by atoms with Crippen LogP contribution in [0.4, 0.5) is 4.79 Å². The maximum Gasteiger partial charge on any atom is 0.317 e. The zero-order chi connectivity index (χ0) is 10.6. The normalized spacial score (nSPS) is 20.9. The van der Waals surface area contributed by atoms with Gasteiger partial charge in [-0.1, -0.05) is 0 Å². The highest BCUT2D eigenvalue weighted by Gasteiger charge is 2.25. The molecule has 0 spiro atoms. The molecule has 2 amide bonds. The molecule has 1 saturated heterocycles. The molecule has 0 saturated carbocycles. The second kappa shape index (κ2) is 4.83. The van der Waals surface area contributed by atoms with Gasteiger partial charge in [0, 0.05) is 26.6 Å². The van der Waals surface area contributed by atoms with Crippen LogP contribution >= 0.6 is 0 Å². The number of urea groups is 1. The van der Waals surface area contributed by atoms with Crippen LogP contribution in [0.15, 0.2) is 0 Å². The van der Waals surface area contributed by atoms with Crippen LogP contribution in [0, 0.1) is 5.92 Å². The monoisotopic (exact) mass is 200 g/mol. The van der Waals surface area contributed by atoms with Crippen molar-refractivity contribution in [1.29, 1.82) is 0 Å². The minimum atomic E-state index is -0.761. The minimum Gasteiger partial charge on any atom is -0.481 e. The Morgan fingerprint density at radius 1 is 1.57 bits per heavy atom. The van der Waals surface area contributed by atoms with Gasteiger partial charge in [-0.25, -0.2) is 4.79 Å². The maximum absolute atomic E-state index is 11.2. The maximum atomic E-state index is 11.2. The summed E-state index contributed by atoms with van der Waals surface area (Å²) in [7, 11) is 1.60. The number of nitrogens with zero attached hydrogens (tertiary/aromatic N) is 1. The van der Waals surface area contributed by atoms with Crippen molar-refractivity contribution >= 4 is 12.0 Å².